The maximum atomic E-state index is 8.81. The molecule has 1 atom stereocenters. The van der Waals surface area contributed by atoms with E-state index >= 15 is 0 Å². The van der Waals surface area contributed by atoms with E-state index in [4.69, 9.17) is 21.8 Å². The van der Waals surface area contributed by atoms with Crippen LogP contribution in [0, 0.1) is 0 Å². The van der Waals surface area contributed by atoms with Gasteiger partial charge in [0, 0.05) is 0 Å². The van der Waals surface area contributed by atoms with Crippen molar-refractivity contribution in [3.63, 3.8) is 0 Å². The molecule has 0 bridgehead atoms. The lowest BCUT2D eigenvalue weighted by molar-refractivity contribution is 0.319. The van der Waals surface area contributed by atoms with Crippen LogP contribution in [0.2, 0.25) is 0 Å². The molecule has 1 unspecified atom stereocenters. The summed E-state index contributed by atoms with van der Waals surface area (Å²) < 4.78 is 0. The Bertz CT molecular complexity index is 172. The first-order valence-corrected chi connectivity index (χ1v) is 3.08. The van der Waals surface area contributed by atoms with Gasteiger partial charge in [-0.1, -0.05) is 0 Å². The number of hydrogen-bond donors (Lipinski definition) is 2. The van der Waals surface area contributed by atoms with Gasteiger partial charge < -0.3 is 10.2 Å². The highest BCUT2D eigenvalue weighted by Gasteiger charge is 2.10. The average Bonchev–Trinajstić information content (AvgIpc) is 1.80. The van der Waals surface area contributed by atoms with Crippen molar-refractivity contribution in [1.29, 1.82) is 0 Å². The van der Waals surface area contributed by atoms with Gasteiger partial charge in [0.1, 0.15) is 0 Å². The molecule has 0 amide bonds. The van der Waals surface area contributed by atoms with Crippen molar-refractivity contribution >= 4 is 11.6 Å². The van der Waals surface area contributed by atoms with Crippen LogP contribution in [-0.4, -0.2) is 15.6 Å². The number of allylic oxidation sites excluding steroid dienone is 2. The van der Waals surface area contributed by atoms with Gasteiger partial charge in [-0.3, -0.25) is 0 Å². The van der Waals surface area contributed by atoms with E-state index in [1.807, 2.05) is 0 Å². The summed E-state index contributed by atoms with van der Waals surface area (Å²) in [5.74, 6) is -0.201. The molecule has 1 aliphatic carbocycles. The third kappa shape index (κ3) is 1.39. The SMILES string of the molecule is OC1=CCC(Cl)C=C1O. The van der Waals surface area contributed by atoms with Crippen molar-refractivity contribution < 1.29 is 10.2 Å². The van der Waals surface area contributed by atoms with Crippen molar-refractivity contribution in [1.82, 2.24) is 0 Å². The molecule has 0 saturated heterocycles. The third-order valence-corrected chi connectivity index (χ3v) is 1.44. The average molecular weight is 147 g/mol. The minimum Gasteiger partial charge on any atom is -0.504 e. The van der Waals surface area contributed by atoms with Crippen molar-refractivity contribution in [2.24, 2.45) is 0 Å². The van der Waals surface area contributed by atoms with E-state index in [0.29, 0.717) is 6.42 Å². The van der Waals surface area contributed by atoms with Gasteiger partial charge in [0.25, 0.3) is 0 Å². The molecule has 0 fully saturated rings. The van der Waals surface area contributed by atoms with Crippen LogP contribution in [0.1, 0.15) is 6.42 Å². The zero-order valence-electron chi connectivity index (χ0n) is 4.71. The molecule has 0 heterocycles. The number of halogens is 1. The predicted octanol–water partition coefficient (Wildman–Crippen LogP) is 1.88. The van der Waals surface area contributed by atoms with Gasteiger partial charge >= 0.3 is 0 Å². The number of rotatable bonds is 0. The number of aliphatic hydroxyl groups excluding tert-OH is 2. The molecule has 0 aromatic carbocycles. The standard InChI is InChI=1S/C6H7ClO2/c7-4-1-2-5(8)6(9)3-4/h2-4,8-9H,1H2. The number of hydrogen-bond acceptors (Lipinski definition) is 2. The summed E-state index contributed by atoms with van der Waals surface area (Å²) in [5.41, 5.74) is 0. The van der Waals surface area contributed by atoms with Gasteiger partial charge in [-0.15, -0.1) is 11.6 Å². The molecule has 2 N–H and O–H groups in total. The summed E-state index contributed by atoms with van der Waals surface area (Å²) in [6.45, 7) is 0. The Morgan fingerprint density at radius 3 is 2.56 bits per heavy atom. The Balaban J connectivity index is 2.75. The monoisotopic (exact) mass is 146 g/mol. The fourth-order valence-electron chi connectivity index (χ4n) is 0.654. The van der Waals surface area contributed by atoms with Gasteiger partial charge in [0.15, 0.2) is 11.5 Å². The quantitative estimate of drug-likeness (QED) is 0.513. The van der Waals surface area contributed by atoms with Crippen LogP contribution in [0.5, 0.6) is 0 Å². The number of aliphatic hydroxyl groups is 2. The molecule has 0 radical (unpaired) electrons. The first-order chi connectivity index (χ1) is 4.20. The van der Waals surface area contributed by atoms with Crippen LogP contribution in [0.4, 0.5) is 0 Å². The second-order valence-electron chi connectivity index (χ2n) is 1.89. The Morgan fingerprint density at radius 2 is 2.11 bits per heavy atom. The highest BCUT2D eigenvalue weighted by atomic mass is 35.5. The summed E-state index contributed by atoms with van der Waals surface area (Å²) in [7, 11) is 0. The lowest BCUT2D eigenvalue weighted by Crippen LogP contribution is -2.02. The summed E-state index contributed by atoms with van der Waals surface area (Å²) in [4.78, 5) is 0. The van der Waals surface area contributed by atoms with E-state index in [1.54, 1.807) is 0 Å². The molecule has 1 aliphatic rings. The van der Waals surface area contributed by atoms with E-state index in [-0.39, 0.29) is 16.9 Å². The fourth-order valence-corrected chi connectivity index (χ4v) is 0.862. The molecule has 1 rings (SSSR count). The van der Waals surface area contributed by atoms with Crippen LogP contribution in [0.15, 0.2) is 23.7 Å². The molecular formula is C6H7ClO2. The second-order valence-corrected chi connectivity index (χ2v) is 2.45. The van der Waals surface area contributed by atoms with Crippen molar-refractivity contribution in [2.75, 3.05) is 0 Å². The lowest BCUT2D eigenvalue weighted by atomic mass is 10.1. The summed E-state index contributed by atoms with van der Waals surface area (Å²) in [6, 6.07) is 0. The molecule has 50 valence electrons. The van der Waals surface area contributed by atoms with Gasteiger partial charge in [-0.05, 0) is 18.6 Å². The van der Waals surface area contributed by atoms with Gasteiger partial charge in [0.2, 0.25) is 0 Å². The Labute approximate surface area is 58.1 Å². The Kier molecular flexibility index (Phi) is 1.67. The van der Waals surface area contributed by atoms with Gasteiger partial charge in [-0.2, -0.15) is 0 Å². The summed E-state index contributed by atoms with van der Waals surface area (Å²) in [5, 5.41) is 17.4. The van der Waals surface area contributed by atoms with Crippen LogP contribution in [0.25, 0.3) is 0 Å². The predicted molar refractivity (Wildman–Crippen MR) is 35.7 cm³/mol. The first-order valence-electron chi connectivity index (χ1n) is 2.64. The summed E-state index contributed by atoms with van der Waals surface area (Å²) >= 11 is 5.58. The molecule has 3 heteroatoms. The minimum atomic E-state index is -0.180. The third-order valence-electron chi connectivity index (χ3n) is 1.14. The van der Waals surface area contributed by atoms with Crippen LogP contribution in [-0.2, 0) is 0 Å². The first kappa shape index (κ1) is 6.49. The Morgan fingerprint density at radius 1 is 1.44 bits per heavy atom. The maximum absolute atomic E-state index is 8.81. The molecule has 2 nitrogen and oxygen atoms in total. The van der Waals surface area contributed by atoms with Crippen LogP contribution in [0.3, 0.4) is 0 Å². The highest BCUT2D eigenvalue weighted by molar-refractivity contribution is 6.22. The fraction of sp³-hybridized carbons (Fsp3) is 0.333. The van der Waals surface area contributed by atoms with Crippen LogP contribution < -0.4 is 0 Å². The molecule has 0 aliphatic heterocycles. The van der Waals surface area contributed by atoms with E-state index in [2.05, 4.69) is 0 Å². The topological polar surface area (TPSA) is 40.5 Å². The zero-order chi connectivity index (χ0) is 6.85. The van der Waals surface area contributed by atoms with Crippen molar-refractivity contribution in [3.05, 3.63) is 23.7 Å². The Hall–Kier alpha value is -0.630. The molecule has 0 aromatic rings. The second kappa shape index (κ2) is 2.31. The van der Waals surface area contributed by atoms with E-state index in [1.165, 1.54) is 12.2 Å². The maximum Gasteiger partial charge on any atom is 0.154 e. The van der Waals surface area contributed by atoms with Crippen molar-refractivity contribution in [2.45, 2.75) is 11.8 Å². The normalized spacial score (nSPS) is 27.0. The minimum absolute atomic E-state index is 0.0769. The van der Waals surface area contributed by atoms with Gasteiger partial charge in [0.05, 0.1) is 5.38 Å². The smallest absolute Gasteiger partial charge is 0.154 e. The van der Waals surface area contributed by atoms with Crippen molar-refractivity contribution in [3.8, 4) is 0 Å². The molecule has 9 heavy (non-hydrogen) atoms. The number of alkyl halides is 1. The molecule has 0 saturated carbocycles. The molecular weight excluding hydrogens is 140 g/mol. The van der Waals surface area contributed by atoms with E-state index in [9.17, 15) is 0 Å². The van der Waals surface area contributed by atoms with Gasteiger partial charge in [-0.25, -0.2) is 0 Å². The zero-order valence-corrected chi connectivity index (χ0v) is 5.47. The van der Waals surface area contributed by atoms with E-state index < -0.39 is 0 Å². The van der Waals surface area contributed by atoms with Crippen LogP contribution >= 0.6 is 11.6 Å². The van der Waals surface area contributed by atoms with E-state index in [0.717, 1.165) is 0 Å². The lowest BCUT2D eigenvalue weighted by Gasteiger charge is -2.08. The molecule has 0 spiro atoms. The largest absolute Gasteiger partial charge is 0.504 e. The summed E-state index contributed by atoms with van der Waals surface area (Å²) in [6.07, 6.45) is 3.49. The molecule has 0 aromatic heterocycles. The highest BCUT2D eigenvalue weighted by Crippen LogP contribution is 2.17.